The van der Waals surface area contributed by atoms with Crippen molar-refractivity contribution < 1.29 is 4.79 Å². The number of hydrogen-bond donors (Lipinski definition) is 2. The third-order valence-electron chi connectivity index (χ3n) is 7.31. The highest BCUT2D eigenvalue weighted by Gasteiger charge is 2.31. The largest absolute Gasteiger partial charge is 0.368 e. The highest BCUT2D eigenvalue weighted by Crippen LogP contribution is 2.40. The van der Waals surface area contributed by atoms with E-state index >= 15 is 0 Å². The second kappa shape index (κ2) is 11.6. The first-order valence-electron chi connectivity index (χ1n) is 12.4. The van der Waals surface area contributed by atoms with Crippen LogP contribution in [0.25, 0.3) is 0 Å². The van der Waals surface area contributed by atoms with E-state index in [1.54, 1.807) is 0 Å². The standard InChI is InChI=1S/C27H32N6OS/c1-2-21-22(16-28)26(33-14-10-19(11-15-33)18-8-12-31-13-9-18)32-27(23(21)17-29)35-24(25(30)34)20-6-4-3-5-7-20/h3-7,18-19,24,31H,2,8-15H2,1H3,(H2,30,34). The Morgan fingerprint density at radius 1 is 1.11 bits per heavy atom. The van der Waals surface area contributed by atoms with Crippen LogP contribution in [0.15, 0.2) is 35.4 Å². The first kappa shape index (κ1) is 25.0. The van der Waals surface area contributed by atoms with Crippen LogP contribution in [0.4, 0.5) is 5.82 Å². The molecule has 2 aromatic rings. The highest BCUT2D eigenvalue weighted by atomic mass is 32.2. The van der Waals surface area contributed by atoms with Crippen molar-refractivity contribution in [3.8, 4) is 12.1 Å². The molecule has 0 saturated carbocycles. The predicted octanol–water partition coefficient (Wildman–Crippen LogP) is 3.92. The fourth-order valence-electron chi connectivity index (χ4n) is 5.43. The molecule has 1 unspecified atom stereocenters. The second-order valence-electron chi connectivity index (χ2n) is 9.27. The van der Waals surface area contributed by atoms with Crippen LogP contribution in [0.1, 0.15) is 60.1 Å². The van der Waals surface area contributed by atoms with Crippen molar-refractivity contribution in [3.63, 3.8) is 0 Å². The zero-order valence-electron chi connectivity index (χ0n) is 20.2. The molecule has 2 fully saturated rings. The topological polar surface area (TPSA) is 119 Å². The summed E-state index contributed by atoms with van der Waals surface area (Å²) in [5, 5.41) is 23.3. The Kier molecular flexibility index (Phi) is 8.28. The zero-order valence-corrected chi connectivity index (χ0v) is 21.0. The fraction of sp³-hybridized carbons (Fsp3) is 0.481. The molecule has 3 heterocycles. The van der Waals surface area contributed by atoms with Gasteiger partial charge in [-0.2, -0.15) is 10.5 Å². The number of hydrogen-bond acceptors (Lipinski definition) is 7. The van der Waals surface area contributed by atoms with E-state index in [2.05, 4.69) is 22.4 Å². The SMILES string of the molecule is CCc1c(C#N)c(SC(C(N)=O)c2ccccc2)nc(N2CCC(C3CCNCC3)CC2)c1C#N. The van der Waals surface area contributed by atoms with Crippen LogP contribution in [0.5, 0.6) is 0 Å². The van der Waals surface area contributed by atoms with Gasteiger partial charge in [0.05, 0.1) is 11.1 Å². The second-order valence-corrected chi connectivity index (χ2v) is 10.4. The van der Waals surface area contributed by atoms with Crippen LogP contribution in [0.2, 0.25) is 0 Å². The van der Waals surface area contributed by atoms with E-state index in [4.69, 9.17) is 10.7 Å². The van der Waals surface area contributed by atoms with Gasteiger partial charge in [0.25, 0.3) is 0 Å². The van der Waals surface area contributed by atoms with Crippen molar-refractivity contribution in [2.75, 3.05) is 31.1 Å². The number of piperidine rings is 2. The average Bonchev–Trinajstić information content (AvgIpc) is 2.91. The first-order chi connectivity index (χ1) is 17.1. The van der Waals surface area contributed by atoms with Crippen molar-refractivity contribution in [2.45, 2.75) is 49.3 Å². The molecule has 182 valence electrons. The van der Waals surface area contributed by atoms with Gasteiger partial charge in [-0.3, -0.25) is 4.79 Å². The number of rotatable bonds is 7. The third kappa shape index (κ3) is 5.45. The third-order valence-corrected chi connectivity index (χ3v) is 8.56. The van der Waals surface area contributed by atoms with Crippen molar-refractivity contribution >= 4 is 23.5 Å². The van der Waals surface area contributed by atoms with Crippen molar-refractivity contribution in [1.29, 1.82) is 10.5 Å². The molecule has 2 aliphatic rings. The van der Waals surface area contributed by atoms with Gasteiger partial charge in [-0.15, -0.1) is 0 Å². The lowest BCUT2D eigenvalue weighted by Crippen LogP contribution is -2.40. The van der Waals surface area contributed by atoms with Gasteiger partial charge < -0.3 is 16.0 Å². The first-order valence-corrected chi connectivity index (χ1v) is 13.3. The minimum absolute atomic E-state index is 0.365. The maximum atomic E-state index is 12.4. The molecule has 3 N–H and O–H groups in total. The Morgan fingerprint density at radius 3 is 2.31 bits per heavy atom. The summed E-state index contributed by atoms with van der Waals surface area (Å²) in [6.07, 6.45) is 5.16. The summed E-state index contributed by atoms with van der Waals surface area (Å²) in [5.41, 5.74) is 8.07. The normalized spacial score (nSPS) is 18.0. The van der Waals surface area contributed by atoms with Crippen molar-refractivity contribution in [3.05, 3.63) is 52.6 Å². The minimum Gasteiger partial charge on any atom is -0.368 e. The number of nitrogens with one attached hydrogen (secondary N) is 1. The molecular formula is C27H32N6OS. The zero-order chi connectivity index (χ0) is 24.8. The smallest absolute Gasteiger partial charge is 0.235 e. The summed E-state index contributed by atoms with van der Waals surface area (Å²) in [6.45, 7) is 5.83. The van der Waals surface area contributed by atoms with Crippen LogP contribution < -0.4 is 16.0 Å². The molecule has 1 atom stereocenters. The number of primary amides is 1. The Morgan fingerprint density at radius 2 is 1.74 bits per heavy atom. The number of amides is 1. The number of pyridine rings is 1. The molecule has 0 spiro atoms. The molecule has 7 nitrogen and oxygen atoms in total. The Hall–Kier alpha value is -3.07. The predicted molar refractivity (Wildman–Crippen MR) is 138 cm³/mol. The van der Waals surface area contributed by atoms with Crippen molar-refractivity contribution in [2.24, 2.45) is 17.6 Å². The number of carbonyl (C=O) groups excluding carboxylic acids is 1. The van der Waals surface area contributed by atoms with E-state index < -0.39 is 11.2 Å². The van der Waals surface area contributed by atoms with E-state index in [9.17, 15) is 15.3 Å². The number of nitrogens with zero attached hydrogens (tertiary/aromatic N) is 4. The number of aromatic nitrogens is 1. The lowest BCUT2D eigenvalue weighted by molar-refractivity contribution is -0.117. The van der Waals surface area contributed by atoms with E-state index in [-0.39, 0.29) is 0 Å². The van der Waals surface area contributed by atoms with E-state index in [0.29, 0.717) is 39.9 Å². The van der Waals surface area contributed by atoms with Gasteiger partial charge in [-0.1, -0.05) is 49.0 Å². The maximum absolute atomic E-state index is 12.4. The lowest BCUT2D eigenvalue weighted by Gasteiger charge is -2.38. The molecule has 1 aromatic heterocycles. The molecule has 4 rings (SSSR count). The Bertz CT molecular complexity index is 1130. The molecule has 0 aliphatic carbocycles. The maximum Gasteiger partial charge on any atom is 0.235 e. The van der Waals surface area contributed by atoms with Gasteiger partial charge >= 0.3 is 0 Å². The van der Waals surface area contributed by atoms with E-state index in [1.807, 2.05) is 37.3 Å². The average molecular weight is 489 g/mol. The van der Waals surface area contributed by atoms with E-state index in [0.717, 1.165) is 50.5 Å². The monoisotopic (exact) mass is 488 g/mol. The molecule has 2 saturated heterocycles. The minimum atomic E-state index is -0.674. The quantitative estimate of drug-likeness (QED) is 0.567. The van der Waals surface area contributed by atoms with Gasteiger partial charge in [0, 0.05) is 13.1 Å². The molecule has 0 radical (unpaired) electrons. The Labute approximate surface area is 211 Å². The molecule has 8 heteroatoms. The van der Waals surface area contributed by atoms with Gasteiger partial charge in [0.1, 0.15) is 28.2 Å². The van der Waals surface area contributed by atoms with Gasteiger partial charge in [0.2, 0.25) is 5.91 Å². The number of benzene rings is 1. The van der Waals surface area contributed by atoms with Crippen LogP contribution in [-0.4, -0.2) is 37.1 Å². The van der Waals surface area contributed by atoms with Crippen LogP contribution in [-0.2, 0) is 11.2 Å². The number of nitrogens with two attached hydrogens (primary N) is 1. The van der Waals surface area contributed by atoms with Gasteiger partial charge in [0.15, 0.2) is 0 Å². The fourth-order valence-corrected chi connectivity index (χ4v) is 6.48. The molecule has 1 amide bonds. The van der Waals surface area contributed by atoms with Crippen LogP contribution in [0, 0.1) is 34.5 Å². The van der Waals surface area contributed by atoms with E-state index in [1.165, 1.54) is 24.6 Å². The lowest BCUT2D eigenvalue weighted by atomic mass is 9.79. The summed E-state index contributed by atoms with van der Waals surface area (Å²) in [5.74, 6) is 1.61. The summed E-state index contributed by atoms with van der Waals surface area (Å²) in [4.78, 5) is 19.4. The summed E-state index contributed by atoms with van der Waals surface area (Å²) in [7, 11) is 0. The van der Waals surface area contributed by atoms with Gasteiger partial charge in [-0.05, 0) is 68.2 Å². The van der Waals surface area contributed by atoms with Crippen molar-refractivity contribution in [1.82, 2.24) is 10.3 Å². The van der Waals surface area contributed by atoms with Crippen LogP contribution in [0.3, 0.4) is 0 Å². The summed E-state index contributed by atoms with van der Waals surface area (Å²) >= 11 is 1.20. The Balaban J connectivity index is 1.66. The number of thioether (sulfide) groups is 1. The molecular weight excluding hydrogens is 456 g/mol. The van der Waals surface area contributed by atoms with Gasteiger partial charge in [-0.25, -0.2) is 4.98 Å². The number of carbonyl (C=O) groups is 1. The molecule has 35 heavy (non-hydrogen) atoms. The summed E-state index contributed by atoms with van der Waals surface area (Å²) in [6, 6.07) is 13.9. The highest BCUT2D eigenvalue weighted by molar-refractivity contribution is 8.00. The molecule has 1 aromatic carbocycles. The van der Waals surface area contributed by atoms with Crippen LogP contribution >= 0.6 is 11.8 Å². The number of anilines is 1. The molecule has 2 aliphatic heterocycles. The molecule has 0 bridgehead atoms. The number of nitriles is 2. The summed E-state index contributed by atoms with van der Waals surface area (Å²) < 4.78 is 0.